The number of anilines is 1. The Morgan fingerprint density at radius 3 is 2.52 bits per heavy atom. The molecule has 1 amide bonds. The number of rotatable bonds is 6. The molecule has 1 fully saturated rings. The fraction of sp³-hybridized carbons (Fsp3) is 0.706. The van der Waals surface area contributed by atoms with Crippen LogP contribution in [0, 0.1) is 5.92 Å². The van der Waals surface area contributed by atoms with Gasteiger partial charge < -0.3 is 15.0 Å². The maximum absolute atomic E-state index is 12.1. The topological polar surface area (TPSA) is 67.4 Å². The quantitative estimate of drug-likeness (QED) is 0.873. The fourth-order valence-corrected chi connectivity index (χ4v) is 2.68. The number of likely N-dealkylation sites (tertiary alicyclic amines) is 1. The van der Waals surface area contributed by atoms with Gasteiger partial charge in [0, 0.05) is 37.9 Å². The number of hydrogen-bond acceptors (Lipinski definition) is 5. The SMILES string of the molecule is CC(C)CC(=O)N1CCC(Nc2nccnc2OC(C)C)CC1. The number of aromatic nitrogens is 2. The molecule has 1 aromatic heterocycles. The number of hydrogen-bond donors (Lipinski definition) is 1. The van der Waals surface area contributed by atoms with Crippen molar-refractivity contribution in [2.45, 2.75) is 59.1 Å². The Bertz CT molecular complexity index is 511. The van der Waals surface area contributed by atoms with Gasteiger partial charge in [0.25, 0.3) is 5.88 Å². The van der Waals surface area contributed by atoms with Gasteiger partial charge in [-0.1, -0.05) is 13.8 Å². The van der Waals surface area contributed by atoms with Crippen LogP contribution in [0.5, 0.6) is 5.88 Å². The Morgan fingerprint density at radius 2 is 1.91 bits per heavy atom. The van der Waals surface area contributed by atoms with E-state index in [1.807, 2.05) is 18.7 Å². The van der Waals surface area contributed by atoms with E-state index in [4.69, 9.17) is 4.74 Å². The second-order valence-electron chi connectivity index (χ2n) is 6.77. The lowest BCUT2D eigenvalue weighted by Gasteiger charge is -2.33. The van der Waals surface area contributed by atoms with E-state index >= 15 is 0 Å². The second-order valence-corrected chi connectivity index (χ2v) is 6.77. The molecule has 0 atom stereocenters. The third-order valence-corrected chi connectivity index (χ3v) is 3.78. The minimum Gasteiger partial charge on any atom is -0.472 e. The first-order valence-electron chi connectivity index (χ1n) is 8.47. The molecule has 2 rings (SSSR count). The Balaban J connectivity index is 1.88. The van der Waals surface area contributed by atoms with E-state index in [-0.39, 0.29) is 12.0 Å². The highest BCUT2D eigenvalue weighted by Gasteiger charge is 2.24. The van der Waals surface area contributed by atoms with E-state index in [2.05, 4.69) is 29.1 Å². The maximum atomic E-state index is 12.1. The van der Waals surface area contributed by atoms with E-state index in [0.717, 1.165) is 25.9 Å². The molecule has 1 aliphatic rings. The molecular formula is C17H28N4O2. The molecular weight excluding hydrogens is 292 g/mol. The summed E-state index contributed by atoms with van der Waals surface area (Å²) < 4.78 is 5.69. The molecule has 1 aliphatic heterocycles. The van der Waals surface area contributed by atoms with Crippen molar-refractivity contribution in [3.8, 4) is 5.88 Å². The zero-order valence-electron chi connectivity index (χ0n) is 14.6. The first-order valence-corrected chi connectivity index (χ1v) is 8.47. The van der Waals surface area contributed by atoms with Crippen molar-refractivity contribution < 1.29 is 9.53 Å². The minimum atomic E-state index is 0.0581. The molecule has 0 aromatic carbocycles. The Labute approximate surface area is 138 Å². The number of nitrogens with zero attached hydrogens (tertiary/aromatic N) is 3. The molecule has 0 aliphatic carbocycles. The number of nitrogens with one attached hydrogen (secondary N) is 1. The Hall–Kier alpha value is -1.85. The lowest BCUT2D eigenvalue weighted by atomic mass is 10.0. The van der Waals surface area contributed by atoms with Crippen LogP contribution in [0.4, 0.5) is 5.82 Å². The van der Waals surface area contributed by atoms with Crippen molar-refractivity contribution in [3.05, 3.63) is 12.4 Å². The summed E-state index contributed by atoms with van der Waals surface area (Å²) in [7, 11) is 0. The van der Waals surface area contributed by atoms with E-state index in [1.165, 1.54) is 0 Å². The highest BCUT2D eigenvalue weighted by molar-refractivity contribution is 5.76. The number of carbonyl (C=O) groups is 1. The third-order valence-electron chi connectivity index (χ3n) is 3.78. The summed E-state index contributed by atoms with van der Waals surface area (Å²) in [6.07, 6.45) is 5.83. The van der Waals surface area contributed by atoms with E-state index in [0.29, 0.717) is 30.1 Å². The summed E-state index contributed by atoms with van der Waals surface area (Å²) in [6.45, 7) is 9.69. The average molecular weight is 320 g/mol. The van der Waals surface area contributed by atoms with E-state index < -0.39 is 0 Å². The number of piperidine rings is 1. The van der Waals surface area contributed by atoms with E-state index in [9.17, 15) is 4.79 Å². The van der Waals surface area contributed by atoms with Crippen molar-refractivity contribution in [3.63, 3.8) is 0 Å². The van der Waals surface area contributed by atoms with Crippen molar-refractivity contribution >= 4 is 11.7 Å². The number of ether oxygens (including phenoxy) is 1. The first-order chi connectivity index (χ1) is 11.0. The molecule has 0 saturated carbocycles. The minimum absolute atomic E-state index is 0.0581. The molecule has 6 nitrogen and oxygen atoms in total. The molecule has 1 saturated heterocycles. The standard InChI is InChI=1S/C17H28N4O2/c1-12(2)11-15(22)21-9-5-14(6-10-21)20-16-17(23-13(3)4)19-8-7-18-16/h7-8,12-14H,5-6,9-11H2,1-4H3,(H,18,20). The van der Waals surface area contributed by atoms with Crippen LogP contribution >= 0.6 is 0 Å². The molecule has 0 spiro atoms. The summed E-state index contributed by atoms with van der Waals surface area (Å²) in [4.78, 5) is 22.7. The molecule has 2 heterocycles. The first kappa shape index (κ1) is 17.5. The molecule has 23 heavy (non-hydrogen) atoms. The van der Waals surface area contributed by atoms with Crippen LogP contribution in [0.1, 0.15) is 47.0 Å². The van der Waals surface area contributed by atoms with Crippen LogP contribution in [0.25, 0.3) is 0 Å². The van der Waals surface area contributed by atoms with Gasteiger partial charge in [0.05, 0.1) is 6.10 Å². The Morgan fingerprint density at radius 1 is 1.26 bits per heavy atom. The molecule has 1 N–H and O–H groups in total. The number of amides is 1. The molecule has 128 valence electrons. The monoisotopic (exact) mass is 320 g/mol. The lowest BCUT2D eigenvalue weighted by Crippen LogP contribution is -2.42. The molecule has 0 bridgehead atoms. The average Bonchev–Trinajstić information content (AvgIpc) is 2.49. The largest absolute Gasteiger partial charge is 0.472 e. The van der Waals surface area contributed by atoms with Crippen LogP contribution in [0.15, 0.2) is 12.4 Å². The maximum Gasteiger partial charge on any atom is 0.257 e. The third kappa shape index (κ3) is 5.37. The van der Waals surface area contributed by atoms with Gasteiger partial charge in [0.2, 0.25) is 5.91 Å². The van der Waals surface area contributed by atoms with Crippen molar-refractivity contribution in [2.24, 2.45) is 5.92 Å². The van der Waals surface area contributed by atoms with Crippen LogP contribution in [-0.2, 0) is 4.79 Å². The van der Waals surface area contributed by atoms with Crippen LogP contribution in [0.3, 0.4) is 0 Å². The van der Waals surface area contributed by atoms with Gasteiger partial charge in [-0.05, 0) is 32.6 Å². The fourth-order valence-electron chi connectivity index (χ4n) is 2.68. The molecule has 0 unspecified atom stereocenters. The summed E-state index contributed by atoms with van der Waals surface area (Å²) in [6, 6.07) is 0.296. The summed E-state index contributed by atoms with van der Waals surface area (Å²) >= 11 is 0. The van der Waals surface area contributed by atoms with E-state index in [1.54, 1.807) is 12.4 Å². The normalized spacial score (nSPS) is 16.0. The smallest absolute Gasteiger partial charge is 0.257 e. The summed E-state index contributed by atoms with van der Waals surface area (Å²) in [5.74, 6) is 1.91. The van der Waals surface area contributed by atoms with Crippen LogP contribution in [0.2, 0.25) is 0 Å². The Kier molecular flexibility index (Phi) is 6.19. The van der Waals surface area contributed by atoms with Gasteiger partial charge in [-0.25, -0.2) is 9.97 Å². The van der Waals surface area contributed by atoms with Gasteiger partial charge in [0.1, 0.15) is 0 Å². The van der Waals surface area contributed by atoms with Gasteiger partial charge in [-0.3, -0.25) is 4.79 Å². The molecule has 0 radical (unpaired) electrons. The van der Waals surface area contributed by atoms with Crippen LogP contribution in [-0.4, -0.2) is 46.0 Å². The van der Waals surface area contributed by atoms with Gasteiger partial charge >= 0.3 is 0 Å². The highest BCUT2D eigenvalue weighted by atomic mass is 16.5. The number of carbonyl (C=O) groups excluding carboxylic acids is 1. The van der Waals surface area contributed by atoms with Crippen molar-refractivity contribution in [1.29, 1.82) is 0 Å². The zero-order valence-corrected chi connectivity index (χ0v) is 14.6. The van der Waals surface area contributed by atoms with Gasteiger partial charge in [0.15, 0.2) is 5.82 Å². The van der Waals surface area contributed by atoms with Crippen molar-refractivity contribution in [2.75, 3.05) is 18.4 Å². The second kappa shape index (κ2) is 8.13. The summed E-state index contributed by atoms with van der Waals surface area (Å²) in [5.41, 5.74) is 0. The molecule has 1 aromatic rings. The van der Waals surface area contributed by atoms with Gasteiger partial charge in [-0.15, -0.1) is 0 Å². The zero-order chi connectivity index (χ0) is 16.8. The highest BCUT2D eigenvalue weighted by Crippen LogP contribution is 2.23. The van der Waals surface area contributed by atoms with Gasteiger partial charge in [-0.2, -0.15) is 0 Å². The predicted octanol–water partition coefficient (Wildman–Crippen LogP) is 2.71. The van der Waals surface area contributed by atoms with Crippen molar-refractivity contribution in [1.82, 2.24) is 14.9 Å². The summed E-state index contributed by atoms with van der Waals surface area (Å²) in [5, 5.41) is 3.42. The molecule has 6 heteroatoms. The predicted molar refractivity (Wildman–Crippen MR) is 90.5 cm³/mol. The lowest BCUT2D eigenvalue weighted by molar-refractivity contribution is -0.132. The van der Waals surface area contributed by atoms with Crippen LogP contribution < -0.4 is 10.1 Å².